The van der Waals surface area contributed by atoms with Crippen molar-refractivity contribution in [2.24, 2.45) is 11.8 Å². The number of allylic oxidation sites excluding steroid dienone is 4. The molecule has 0 saturated carbocycles. The van der Waals surface area contributed by atoms with Crippen molar-refractivity contribution in [3.8, 4) is 0 Å². The fourth-order valence-corrected chi connectivity index (χ4v) is 13.4. The first-order valence-electron chi connectivity index (χ1n) is 40.8. The SMILES string of the molecule is CCCCCC/C=C\C=C/CCCCCCCC(=O)OC[C@H](COP(=O)(O)OC[C@@H](O)COP(=O)(O)OC[C@@H](COC(=O)CCCCCCCCCCCC(C)C)OC(=O)CCCCCCCCCCCC(C)C)OC(=O)CCCCCCCCCCCCCCCCCCCCCC. The number of hydrogen-bond acceptors (Lipinski definition) is 15. The highest BCUT2D eigenvalue weighted by Gasteiger charge is 2.30. The van der Waals surface area contributed by atoms with E-state index in [-0.39, 0.29) is 25.7 Å². The van der Waals surface area contributed by atoms with Crippen LogP contribution in [0.3, 0.4) is 0 Å². The molecule has 99 heavy (non-hydrogen) atoms. The first kappa shape index (κ1) is 96.5. The second-order valence-electron chi connectivity index (χ2n) is 29.1. The maximum Gasteiger partial charge on any atom is 0.472 e. The fourth-order valence-electron chi connectivity index (χ4n) is 11.8. The Labute approximate surface area is 605 Å². The van der Waals surface area contributed by atoms with Crippen molar-refractivity contribution in [1.82, 2.24) is 0 Å². The van der Waals surface area contributed by atoms with E-state index < -0.39 is 97.5 Å². The number of esters is 4. The largest absolute Gasteiger partial charge is 0.472 e. The van der Waals surface area contributed by atoms with Gasteiger partial charge in [0.15, 0.2) is 12.2 Å². The van der Waals surface area contributed by atoms with Crippen molar-refractivity contribution in [3.05, 3.63) is 24.3 Å². The highest BCUT2D eigenvalue weighted by atomic mass is 31.2. The van der Waals surface area contributed by atoms with E-state index >= 15 is 0 Å². The third-order valence-corrected chi connectivity index (χ3v) is 20.0. The molecule has 0 aromatic carbocycles. The van der Waals surface area contributed by atoms with Crippen molar-refractivity contribution < 1.29 is 80.2 Å². The maximum atomic E-state index is 13.1. The van der Waals surface area contributed by atoms with E-state index in [0.29, 0.717) is 25.7 Å². The van der Waals surface area contributed by atoms with E-state index in [1.807, 2.05) is 0 Å². The molecule has 0 heterocycles. The highest BCUT2D eigenvalue weighted by Crippen LogP contribution is 2.45. The van der Waals surface area contributed by atoms with Crippen LogP contribution in [0.25, 0.3) is 0 Å². The van der Waals surface area contributed by atoms with Gasteiger partial charge in [-0.2, -0.15) is 0 Å². The third kappa shape index (κ3) is 73.6. The van der Waals surface area contributed by atoms with E-state index in [0.717, 1.165) is 121 Å². The molecule has 0 radical (unpaired) electrons. The Balaban J connectivity index is 5.27. The Morgan fingerprint density at radius 1 is 0.313 bits per heavy atom. The number of phosphoric ester groups is 2. The maximum absolute atomic E-state index is 13.1. The molecule has 0 rings (SSSR count). The average molecular weight is 1450 g/mol. The van der Waals surface area contributed by atoms with Gasteiger partial charge in [-0.15, -0.1) is 0 Å². The fraction of sp³-hybridized carbons (Fsp3) is 0.900. The van der Waals surface area contributed by atoms with Crippen LogP contribution in [-0.2, 0) is 65.4 Å². The van der Waals surface area contributed by atoms with Gasteiger partial charge in [0, 0.05) is 25.7 Å². The molecule has 0 aromatic rings. The molecule has 0 aliphatic rings. The molecule has 5 atom stereocenters. The monoisotopic (exact) mass is 1450 g/mol. The van der Waals surface area contributed by atoms with Gasteiger partial charge in [-0.05, 0) is 63.2 Å². The van der Waals surface area contributed by atoms with Crippen LogP contribution in [0.15, 0.2) is 24.3 Å². The molecule has 0 aliphatic carbocycles. The lowest BCUT2D eigenvalue weighted by Gasteiger charge is -2.21. The van der Waals surface area contributed by atoms with Gasteiger partial charge in [0.2, 0.25) is 0 Å². The van der Waals surface area contributed by atoms with Gasteiger partial charge in [-0.3, -0.25) is 37.3 Å². The Kier molecular flexibility index (Phi) is 69.4. The van der Waals surface area contributed by atoms with E-state index in [2.05, 4.69) is 65.8 Å². The van der Waals surface area contributed by atoms with Crippen LogP contribution in [0, 0.1) is 11.8 Å². The normalized spacial score (nSPS) is 14.1. The molecule has 0 saturated heterocycles. The standard InChI is InChI=1S/C80H152O17P2/c1-7-9-11-13-15-17-19-21-23-24-25-26-27-29-31-33-39-46-52-58-64-79(84)96-75(68-90-77(82)62-56-50-44-38-32-30-28-22-20-18-16-14-12-10-8-2)70-94-98(86,87)92-66-74(81)67-93-99(88,89)95-71-76(97-80(85)65-59-53-47-41-35-37-43-49-55-61-73(5)6)69-91-78(83)63-57-51-45-40-34-36-42-48-54-60-72(3)4/h18,20,22,28,72-76,81H,7-17,19,21,23-27,29-71H2,1-6H3,(H,86,87)(H,88,89)/b20-18-,28-22-/t74-,75-,76-/m1/s1. The van der Waals surface area contributed by atoms with Crippen molar-refractivity contribution in [3.63, 3.8) is 0 Å². The molecule has 17 nitrogen and oxygen atoms in total. The molecule has 584 valence electrons. The number of unbranched alkanes of at least 4 members (excludes halogenated alkanes) is 44. The minimum atomic E-state index is -4.97. The number of carbonyl (C=O) groups excluding carboxylic acids is 4. The zero-order chi connectivity index (χ0) is 72.8. The Morgan fingerprint density at radius 3 is 0.828 bits per heavy atom. The zero-order valence-electron chi connectivity index (χ0n) is 64.3. The summed E-state index contributed by atoms with van der Waals surface area (Å²) in [6, 6.07) is 0. The van der Waals surface area contributed by atoms with Gasteiger partial charge >= 0.3 is 39.5 Å². The van der Waals surface area contributed by atoms with E-state index in [1.165, 1.54) is 193 Å². The lowest BCUT2D eigenvalue weighted by atomic mass is 10.0. The predicted octanol–water partition coefficient (Wildman–Crippen LogP) is 23.4. The van der Waals surface area contributed by atoms with Gasteiger partial charge < -0.3 is 33.8 Å². The molecular formula is C80H152O17P2. The predicted molar refractivity (Wildman–Crippen MR) is 404 cm³/mol. The van der Waals surface area contributed by atoms with Crippen molar-refractivity contribution in [2.75, 3.05) is 39.6 Å². The summed E-state index contributed by atoms with van der Waals surface area (Å²) < 4.78 is 68.6. The molecule has 0 aliphatic heterocycles. The Morgan fingerprint density at radius 2 is 0.545 bits per heavy atom. The number of phosphoric acid groups is 2. The number of rotatable bonds is 77. The van der Waals surface area contributed by atoms with Gasteiger partial charge in [0.05, 0.1) is 26.4 Å². The quantitative estimate of drug-likeness (QED) is 0.0169. The average Bonchev–Trinajstić information content (AvgIpc) is 0.991. The number of aliphatic hydroxyl groups is 1. The van der Waals surface area contributed by atoms with Crippen molar-refractivity contribution in [1.29, 1.82) is 0 Å². The summed E-state index contributed by atoms with van der Waals surface area (Å²) >= 11 is 0. The second kappa shape index (κ2) is 71.2. The summed E-state index contributed by atoms with van der Waals surface area (Å²) in [6.45, 7) is 9.51. The van der Waals surface area contributed by atoms with E-state index in [1.54, 1.807) is 0 Å². The molecule has 0 spiro atoms. The summed E-state index contributed by atoms with van der Waals surface area (Å²) in [6.07, 6.45) is 63.3. The van der Waals surface area contributed by atoms with Gasteiger partial charge in [0.25, 0.3) is 0 Å². The van der Waals surface area contributed by atoms with Gasteiger partial charge in [0.1, 0.15) is 19.3 Å². The molecule has 19 heteroatoms. The number of carbonyl (C=O) groups is 4. The zero-order valence-corrected chi connectivity index (χ0v) is 66.1. The van der Waals surface area contributed by atoms with Crippen LogP contribution < -0.4 is 0 Å². The number of aliphatic hydroxyl groups excluding tert-OH is 1. The number of ether oxygens (including phenoxy) is 4. The van der Waals surface area contributed by atoms with Crippen LogP contribution in [0.5, 0.6) is 0 Å². The van der Waals surface area contributed by atoms with Crippen LogP contribution in [0.4, 0.5) is 0 Å². The highest BCUT2D eigenvalue weighted by molar-refractivity contribution is 7.47. The van der Waals surface area contributed by atoms with Crippen LogP contribution in [0.2, 0.25) is 0 Å². The van der Waals surface area contributed by atoms with Crippen molar-refractivity contribution >= 4 is 39.5 Å². The van der Waals surface area contributed by atoms with Crippen molar-refractivity contribution in [2.45, 2.75) is 413 Å². The Hall–Kier alpha value is -2.46. The second-order valence-corrected chi connectivity index (χ2v) is 32.0. The molecule has 3 N–H and O–H groups in total. The van der Waals surface area contributed by atoms with E-state index in [4.69, 9.17) is 37.0 Å². The minimum Gasteiger partial charge on any atom is -0.462 e. The summed E-state index contributed by atoms with van der Waals surface area (Å²) in [5.74, 6) is -0.665. The molecule has 0 bridgehead atoms. The minimum absolute atomic E-state index is 0.102. The molecule has 0 amide bonds. The molecule has 0 fully saturated rings. The van der Waals surface area contributed by atoms with Crippen LogP contribution in [-0.4, -0.2) is 96.7 Å². The summed E-state index contributed by atoms with van der Waals surface area (Å²) in [5, 5.41) is 10.6. The first-order valence-corrected chi connectivity index (χ1v) is 43.8. The Bertz CT molecular complexity index is 2000. The first-order chi connectivity index (χ1) is 47.9. The summed E-state index contributed by atoms with van der Waals surface area (Å²) in [4.78, 5) is 72.9. The molecule has 2 unspecified atom stereocenters. The molecule has 0 aromatic heterocycles. The summed E-state index contributed by atoms with van der Waals surface area (Å²) in [7, 11) is -9.93. The van der Waals surface area contributed by atoms with Crippen LogP contribution in [0.1, 0.15) is 395 Å². The topological polar surface area (TPSA) is 237 Å². The van der Waals surface area contributed by atoms with E-state index in [9.17, 15) is 43.2 Å². The van der Waals surface area contributed by atoms with Gasteiger partial charge in [-0.25, -0.2) is 9.13 Å². The lowest BCUT2D eigenvalue weighted by Crippen LogP contribution is -2.30. The van der Waals surface area contributed by atoms with Crippen LogP contribution >= 0.6 is 15.6 Å². The number of hydrogen-bond donors (Lipinski definition) is 3. The molecular weight excluding hydrogens is 1290 g/mol. The summed E-state index contributed by atoms with van der Waals surface area (Å²) in [5.41, 5.74) is 0. The third-order valence-electron chi connectivity index (χ3n) is 18.1. The smallest absolute Gasteiger partial charge is 0.462 e. The lowest BCUT2D eigenvalue weighted by molar-refractivity contribution is -0.161. The van der Waals surface area contributed by atoms with Gasteiger partial charge in [-0.1, -0.05) is 342 Å².